The van der Waals surface area contributed by atoms with Gasteiger partial charge in [-0.2, -0.15) is 0 Å². The molecule has 0 unspecified atom stereocenters. The van der Waals surface area contributed by atoms with Crippen molar-refractivity contribution in [3.8, 4) is 0 Å². The average Bonchev–Trinajstić information content (AvgIpc) is 2.59. The molecule has 0 aromatic rings. The van der Waals surface area contributed by atoms with Crippen LogP contribution in [0.25, 0.3) is 10.4 Å². The lowest BCUT2D eigenvalue weighted by atomic mass is 9.71. The summed E-state index contributed by atoms with van der Waals surface area (Å²) in [6.07, 6.45) is 5.80. The Hall–Kier alpha value is -1.17. The lowest BCUT2D eigenvalue weighted by Gasteiger charge is -2.39. The van der Waals surface area contributed by atoms with Gasteiger partial charge in [0.05, 0.1) is 12.6 Å². The number of carbonyl (C=O) groups excluding carboxylic acids is 2. The number of nitrogens with zero attached hydrogens (tertiary/aromatic N) is 3. The van der Waals surface area contributed by atoms with Crippen molar-refractivity contribution in [2.24, 2.45) is 16.4 Å². The normalized spacial score (nSPS) is 22.7. The van der Waals surface area contributed by atoms with Gasteiger partial charge in [0.15, 0.2) is 8.32 Å². The van der Waals surface area contributed by atoms with E-state index in [1.165, 1.54) is 0 Å². The zero-order valence-corrected chi connectivity index (χ0v) is 20.6. The van der Waals surface area contributed by atoms with Gasteiger partial charge in [-0.15, -0.1) is 0 Å². The third kappa shape index (κ3) is 8.23. The van der Waals surface area contributed by atoms with Crippen LogP contribution in [0.4, 0.5) is 0 Å². The number of Topliss-reactive ketones (excluding diaryl/α,β-unsaturated/α-hetero) is 2. The molecule has 1 rings (SSSR count). The zero-order valence-electron chi connectivity index (χ0n) is 19.6. The van der Waals surface area contributed by atoms with Crippen LogP contribution in [0.15, 0.2) is 5.11 Å². The van der Waals surface area contributed by atoms with Crippen LogP contribution in [0.3, 0.4) is 0 Å². The Bertz CT molecular complexity index is 623. The highest BCUT2D eigenvalue weighted by Crippen LogP contribution is 2.39. The summed E-state index contributed by atoms with van der Waals surface area (Å²) in [5.41, 5.74) is 8.41. The van der Waals surface area contributed by atoms with Gasteiger partial charge in [0.2, 0.25) is 0 Å². The highest BCUT2D eigenvalue weighted by molar-refractivity contribution is 6.74. The second-order valence-corrected chi connectivity index (χ2v) is 15.4. The average molecular weight is 424 g/mol. The van der Waals surface area contributed by atoms with Crippen LogP contribution in [0.5, 0.6) is 0 Å². The molecule has 0 amide bonds. The van der Waals surface area contributed by atoms with Gasteiger partial charge in [-0.05, 0) is 55.3 Å². The summed E-state index contributed by atoms with van der Waals surface area (Å²) in [5, 5.41) is 3.81. The van der Waals surface area contributed by atoms with E-state index in [1.54, 1.807) is 0 Å². The van der Waals surface area contributed by atoms with Crippen LogP contribution in [0.1, 0.15) is 86.0 Å². The van der Waals surface area contributed by atoms with E-state index in [4.69, 9.17) is 9.96 Å². The van der Waals surface area contributed by atoms with Gasteiger partial charge in [0.1, 0.15) is 11.6 Å². The van der Waals surface area contributed by atoms with Crippen LogP contribution in [0.2, 0.25) is 18.1 Å². The lowest BCUT2D eigenvalue weighted by Crippen LogP contribution is -2.45. The van der Waals surface area contributed by atoms with Gasteiger partial charge < -0.3 is 4.43 Å². The number of hydrogen-bond donors (Lipinski definition) is 0. The van der Waals surface area contributed by atoms with Crippen molar-refractivity contribution >= 4 is 19.9 Å². The van der Waals surface area contributed by atoms with Crippen molar-refractivity contribution in [1.82, 2.24) is 0 Å². The minimum absolute atomic E-state index is 0.0721. The Morgan fingerprint density at radius 2 is 2.00 bits per heavy atom. The van der Waals surface area contributed by atoms with Gasteiger partial charge in [0, 0.05) is 29.6 Å². The maximum atomic E-state index is 12.6. The molecule has 0 saturated heterocycles. The first-order valence-electron chi connectivity index (χ1n) is 11.0. The van der Waals surface area contributed by atoms with Crippen LogP contribution in [-0.4, -0.2) is 32.5 Å². The molecule has 0 aromatic heterocycles. The Kier molecular flexibility index (Phi) is 9.57. The van der Waals surface area contributed by atoms with E-state index in [9.17, 15) is 9.59 Å². The molecular formula is C22H41N3O3Si. The molecule has 1 fully saturated rings. The van der Waals surface area contributed by atoms with Gasteiger partial charge in [-0.3, -0.25) is 9.59 Å². The zero-order chi connectivity index (χ0) is 22.3. The quantitative estimate of drug-likeness (QED) is 0.162. The largest absolute Gasteiger partial charge is 0.414 e. The molecular weight excluding hydrogens is 382 g/mol. The van der Waals surface area contributed by atoms with Crippen LogP contribution >= 0.6 is 0 Å². The summed E-state index contributed by atoms with van der Waals surface area (Å²) in [6.45, 7) is 15.3. The Balaban J connectivity index is 2.60. The molecule has 0 spiro atoms. The highest BCUT2D eigenvalue weighted by atomic mass is 28.4. The van der Waals surface area contributed by atoms with Crippen molar-refractivity contribution in [3.05, 3.63) is 10.4 Å². The number of rotatable bonds is 11. The molecule has 0 aromatic carbocycles. The molecule has 29 heavy (non-hydrogen) atoms. The first kappa shape index (κ1) is 25.9. The van der Waals surface area contributed by atoms with E-state index in [-0.39, 0.29) is 28.3 Å². The standard InChI is InChI=1S/C22H41N3O3Si/c1-17(14-18(26)11-13-22(5)12-9-8-10-20(22)27)15-19(16-24-25-23)28-29(6,7)21(2,3)4/h17,19H,8-16H2,1-7H3/t17-,19-,22-/m1/s1. The maximum Gasteiger partial charge on any atom is 0.192 e. The minimum atomic E-state index is -1.99. The van der Waals surface area contributed by atoms with Gasteiger partial charge >= 0.3 is 0 Å². The number of ketones is 2. The van der Waals surface area contributed by atoms with E-state index in [2.05, 4.69) is 50.8 Å². The summed E-state index contributed by atoms with van der Waals surface area (Å²) < 4.78 is 6.46. The monoisotopic (exact) mass is 423 g/mol. The first-order valence-corrected chi connectivity index (χ1v) is 14.0. The van der Waals surface area contributed by atoms with Crippen molar-refractivity contribution in [2.45, 2.75) is 110 Å². The molecule has 1 aliphatic rings. The van der Waals surface area contributed by atoms with Gasteiger partial charge in [-0.25, -0.2) is 0 Å². The molecule has 1 saturated carbocycles. The van der Waals surface area contributed by atoms with E-state index in [1.807, 2.05) is 6.92 Å². The third-order valence-electron chi connectivity index (χ3n) is 6.87. The molecule has 0 heterocycles. The molecule has 0 bridgehead atoms. The molecule has 6 nitrogen and oxygen atoms in total. The number of carbonyl (C=O) groups is 2. The SMILES string of the molecule is C[C@H](CC(=O)CC[C@@]1(C)CCCCC1=O)C[C@H](CN=[N+]=[N-])O[Si](C)(C)C(C)(C)C. The second-order valence-electron chi connectivity index (χ2n) is 10.7. The van der Waals surface area contributed by atoms with Crippen molar-refractivity contribution in [2.75, 3.05) is 6.54 Å². The molecule has 166 valence electrons. The summed E-state index contributed by atoms with van der Waals surface area (Å²) >= 11 is 0. The van der Waals surface area contributed by atoms with Crippen LogP contribution in [0, 0.1) is 11.3 Å². The molecule has 0 radical (unpaired) electrons. The van der Waals surface area contributed by atoms with E-state index in [0.717, 1.165) is 19.3 Å². The number of hydrogen-bond acceptors (Lipinski definition) is 4. The molecule has 1 aliphatic carbocycles. The van der Waals surface area contributed by atoms with Crippen molar-refractivity contribution in [3.63, 3.8) is 0 Å². The summed E-state index contributed by atoms with van der Waals surface area (Å²) in [4.78, 5) is 27.7. The van der Waals surface area contributed by atoms with Crippen molar-refractivity contribution < 1.29 is 14.0 Å². The van der Waals surface area contributed by atoms with Crippen molar-refractivity contribution in [1.29, 1.82) is 0 Å². The van der Waals surface area contributed by atoms with Crippen LogP contribution < -0.4 is 0 Å². The highest BCUT2D eigenvalue weighted by Gasteiger charge is 2.39. The fourth-order valence-corrected chi connectivity index (χ4v) is 5.18. The van der Waals surface area contributed by atoms with E-state index < -0.39 is 8.32 Å². The van der Waals surface area contributed by atoms with Gasteiger partial charge in [-0.1, -0.05) is 46.2 Å². The Morgan fingerprint density at radius 1 is 1.34 bits per heavy atom. The topological polar surface area (TPSA) is 92.1 Å². The van der Waals surface area contributed by atoms with E-state index in [0.29, 0.717) is 44.4 Å². The fourth-order valence-electron chi connectivity index (χ4n) is 3.83. The third-order valence-corrected chi connectivity index (χ3v) is 11.4. The van der Waals surface area contributed by atoms with E-state index >= 15 is 0 Å². The number of azide groups is 1. The molecule has 0 N–H and O–H groups in total. The maximum absolute atomic E-state index is 12.6. The van der Waals surface area contributed by atoms with Gasteiger partial charge in [0.25, 0.3) is 0 Å². The molecule has 7 heteroatoms. The Morgan fingerprint density at radius 3 is 2.55 bits per heavy atom. The second kappa shape index (κ2) is 10.7. The molecule has 3 atom stereocenters. The minimum Gasteiger partial charge on any atom is -0.414 e. The predicted molar refractivity (Wildman–Crippen MR) is 120 cm³/mol. The summed E-state index contributed by atoms with van der Waals surface area (Å²) in [7, 11) is -1.99. The first-order chi connectivity index (χ1) is 13.3. The predicted octanol–water partition coefficient (Wildman–Crippen LogP) is 6.60. The summed E-state index contributed by atoms with van der Waals surface area (Å²) in [5.74, 6) is 0.690. The fraction of sp³-hybridized carbons (Fsp3) is 0.909. The lowest BCUT2D eigenvalue weighted by molar-refractivity contribution is -0.131. The summed E-state index contributed by atoms with van der Waals surface area (Å²) in [6, 6.07) is 0. The van der Waals surface area contributed by atoms with Crippen LogP contribution in [-0.2, 0) is 14.0 Å². The smallest absolute Gasteiger partial charge is 0.192 e. The molecule has 0 aliphatic heterocycles. The Labute approximate surface area is 177 Å².